The van der Waals surface area contributed by atoms with E-state index >= 15 is 0 Å². The molecule has 2 unspecified atom stereocenters. The Hall–Kier alpha value is -2.60. The highest BCUT2D eigenvalue weighted by Gasteiger charge is 2.27. The van der Waals surface area contributed by atoms with Crippen molar-refractivity contribution in [3.63, 3.8) is 0 Å². The van der Waals surface area contributed by atoms with Crippen LogP contribution in [0.15, 0.2) is 119 Å². The van der Waals surface area contributed by atoms with Gasteiger partial charge in [-0.1, -0.05) is 117 Å². The van der Waals surface area contributed by atoms with Gasteiger partial charge in [-0.05, 0) is 71.8 Å². The van der Waals surface area contributed by atoms with Gasteiger partial charge in [-0.25, -0.2) is 0 Å². The van der Waals surface area contributed by atoms with Gasteiger partial charge in [-0.15, -0.1) is 0 Å². The summed E-state index contributed by atoms with van der Waals surface area (Å²) in [4.78, 5) is 0. The molecule has 5 aliphatic rings. The van der Waals surface area contributed by atoms with Crippen molar-refractivity contribution >= 4 is 0 Å². The Morgan fingerprint density at radius 3 is 2.58 bits per heavy atom. The zero-order valence-corrected chi connectivity index (χ0v) is 20.3. The van der Waals surface area contributed by atoms with Crippen LogP contribution in [0.3, 0.4) is 0 Å². The minimum Gasteiger partial charge on any atom is -0.0952 e. The first-order valence-corrected chi connectivity index (χ1v) is 13.0. The zero-order valence-electron chi connectivity index (χ0n) is 20.3. The van der Waals surface area contributed by atoms with Crippen LogP contribution in [-0.4, -0.2) is 0 Å². The lowest BCUT2D eigenvalue weighted by Gasteiger charge is -2.34. The average Bonchev–Trinajstić information content (AvgIpc) is 3.24. The standard InChI is InChI=1S/C33H38/c1-24(30-19-25(2)32-10-6-5-9-29(32)23-30)11-12-27-21-28-14-13-26(20-31(28)22-27)15-18-33(3)16-7-4-8-17-33/h5-6,9-10,13-14,19-23,31-32H,1-2,4,7-8,11-12,15-18H2,3H3. The topological polar surface area (TPSA) is 0 Å². The lowest BCUT2D eigenvalue weighted by atomic mass is 9.72. The molecule has 0 saturated heterocycles. The van der Waals surface area contributed by atoms with Gasteiger partial charge >= 0.3 is 0 Å². The first-order chi connectivity index (χ1) is 16.0. The minimum atomic E-state index is 0.338. The van der Waals surface area contributed by atoms with Gasteiger partial charge in [0.05, 0.1) is 0 Å². The third kappa shape index (κ3) is 5.01. The molecule has 0 bridgehead atoms. The lowest BCUT2D eigenvalue weighted by Crippen LogP contribution is -2.20. The van der Waals surface area contributed by atoms with E-state index in [-0.39, 0.29) is 0 Å². The fourth-order valence-electron chi connectivity index (χ4n) is 6.09. The predicted molar refractivity (Wildman–Crippen MR) is 143 cm³/mol. The molecule has 1 saturated carbocycles. The second-order valence-corrected chi connectivity index (χ2v) is 11.0. The first kappa shape index (κ1) is 22.2. The molecular weight excluding hydrogens is 396 g/mol. The van der Waals surface area contributed by atoms with Crippen LogP contribution in [-0.2, 0) is 0 Å². The van der Waals surface area contributed by atoms with Crippen LogP contribution in [0.1, 0.15) is 64.7 Å². The van der Waals surface area contributed by atoms with E-state index in [1.807, 2.05) is 0 Å². The first-order valence-electron chi connectivity index (χ1n) is 13.0. The SMILES string of the molecule is C=C(CCC1=CC2C=C(CCC3(C)CCCCC3)C=CC2=C1)C1=CC(=C)C2C=CC=CC2=C1. The zero-order chi connectivity index (χ0) is 22.8. The molecule has 0 aromatic carbocycles. The van der Waals surface area contributed by atoms with Crippen LogP contribution >= 0.6 is 0 Å². The molecule has 0 nitrogen and oxygen atoms in total. The molecule has 0 aliphatic heterocycles. The summed E-state index contributed by atoms with van der Waals surface area (Å²) in [5.41, 5.74) is 9.98. The Morgan fingerprint density at radius 2 is 1.73 bits per heavy atom. The molecule has 2 atom stereocenters. The maximum absolute atomic E-state index is 4.42. The van der Waals surface area contributed by atoms with Gasteiger partial charge < -0.3 is 0 Å². The van der Waals surface area contributed by atoms with Crippen LogP contribution in [0, 0.1) is 17.3 Å². The summed E-state index contributed by atoms with van der Waals surface area (Å²) in [6.45, 7) is 11.2. The van der Waals surface area contributed by atoms with Crippen molar-refractivity contribution in [2.45, 2.75) is 64.7 Å². The number of fused-ring (bicyclic) bond motifs is 2. The van der Waals surface area contributed by atoms with Crippen molar-refractivity contribution in [1.82, 2.24) is 0 Å². The molecule has 0 aromatic heterocycles. The predicted octanol–water partition coefficient (Wildman–Crippen LogP) is 9.22. The van der Waals surface area contributed by atoms with Crippen LogP contribution in [0.25, 0.3) is 0 Å². The summed E-state index contributed by atoms with van der Waals surface area (Å²) in [6, 6.07) is 0. The third-order valence-electron chi connectivity index (χ3n) is 8.34. The maximum Gasteiger partial charge on any atom is 0.0267 e. The molecule has 170 valence electrons. The van der Waals surface area contributed by atoms with Crippen LogP contribution in [0.5, 0.6) is 0 Å². The van der Waals surface area contributed by atoms with E-state index in [0.29, 0.717) is 17.3 Å². The molecule has 0 amide bonds. The molecular formula is C33H38. The highest BCUT2D eigenvalue weighted by Crippen LogP contribution is 2.42. The number of hydrogen-bond acceptors (Lipinski definition) is 0. The average molecular weight is 435 g/mol. The van der Waals surface area contributed by atoms with Crippen molar-refractivity contribution in [1.29, 1.82) is 0 Å². The molecule has 0 heteroatoms. The Labute approximate surface area is 200 Å². The van der Waals surface area contributed by atoms with Crippen LogP contribution < -0.4 is 0 Å². The summed E-state index contributed by atoms with van der Waals surface area (Å²) < 4.78 is 0. The molecule has 0 radical (unpaired) electrons. The highest BCUT2D eigenvalue weighted by atomic mass is 14.3. The molecule has 0 aromatic rings. The normalized spacial score (nSPS) is 27.2. The van der Waals surface area contributed by atoms with E-state index in [1.165, 1.54) is 84.0 Å². The van der Waals surface area contributed by atoms with Crippen LogP contribution in [0.4, 0.5) is 0 Å². The molecule has 0 N–H and O–H groups in total. The molecule has 1 fully saturated rings. The van der Waals surface area contributed by atoms with Gasteiger partial charge in [0.1, 0.15) is 0 Å². The maximum atomic E-state index is 4.42. The Morgan fingerprint density at radius 1 is 0.909 bits per heavy atom. The van der Waals surface area contributed by atoms with Gasteiger partial charge in [0, 0.05) is 11.8 Å². The lowest BCUT2D eigenvalue weighted by molar-refractivity contribution is 0.199. The largest absolute Gasteiger partial charge is 0.0952 e. The van der Waals surface area contributed by atoms with Gasteiger partial charge in [-0.2, -0.15) is 0 Å². The molecule has 0 heterocycles. The second kappa shape index (κ2) is 9.34. The van der Waals surface area contributed by atoms with Crippen molar-refractivity contribution in [3.8, 4) is 0 Å². The fraction of sp³-hybridized carbons (Fsp3) is 0.394. The van der Waals surface area contributed by atoms with E-state index in [1.54, 1.807) is 0 Å². The van der Waals surface area contributed by atoms with Gasteiger partial charge in [-0.3, -0.25) is 0 Å². The van der Waals surface area contributed by atoms with E-state index in [0.717, 1.165) is 12.8 Å². The summed E-state index contributed by atoms with van der Waals surface area (Å²) in [5, 5.41) is 0. The Bertz CT molecular complexity index is 1080. The number of rotatable bonds is 7. The van der Waals surface area contributed by atoms with Gasteiger partial charge in [0.2, 0.25) is 0 Å². The fourth-order valence-corrected chi connectivity index (χ4v) is 6.09. The minimum absolute atomic E-state index is 0.338. The van der Waals surface area contributed by atoms with E-state index in [2.05, 4.69) is 86.9 Å². The second-order valence-electron chi connectivity index (χ2n) is 11.0. The summed E-state index contributed by atoms with van der Waals surface area (Å²) in [6.07, 6.45) is 37.1. The summed E-state index contributed by atoms with van der Waals surface area (Å²) >= 11 is 0. The Balaban J connectivity index is 1.17. The van der Waals surface area contributed by atoms with E-state index in [4.69, 9.17) is 0 Å². The molecule has 0 spiro atoms. The summed E-state index contributed by atoms with van der Waals surface area (Å²) in [5.74, 6) is 0.813. The smallest absolute Gasteiger partial charge is 0.0267 e. The molecule has 33 heavy (non-hydrogen) atoms. The van der Waals surface area contributed by atoms with Crippen molar-refractivity contribution in [3.05, 3.63) is 119 Å². The number of hydrogen-bond donors (Lipinski definition) is 0. The summed E-state index contributed by atoms with van der Waals surface area (Å²) in [7, 11) is 0. The monoisotopic (exact) mass is 434 g/mol. The third-order valence-corrected chi connectivity index (χ3v) is 8.34. The molecule has 5 aliphatic carbocycles. The highest BCUT2D eigenvalue weighted by molar-refractivity contribution is 5.56. The molecule has 5 rings (SSSR count). The quantitative estimate of drug-likeness (QED) is 0.374. The van der Waals surface area contributed by atoms with Gasteiger partial charge in [0.25, 0.3) is 0 Å². The Kier molecular flexibility index (Phi) is 6.28. The van der Waals surface area contributed by atoms with Crippen molar-refractivity contribution < 1.29 is 0 Å². The number of allylic oxidation sites excluding steroid dienone is 18. The van der Waals surface area contributed by atoms with Gasteiger partial charge in [0.15, 0.2) is 0 Å². The van der Waals surface area contributed by atoms with Crippen LogP contribution in [0.2, 0.25) is 0 Å². The van der Waals surface area contributed by atoms with E-state index in [9.17, 15) is 0 Å². The van der Waals surface area contributed by atoms with E-state index < -0.39 is 0 Å². The van der Waals surface area contributed by atoms with Crippen molar-refractivity contribution in [2.75, 3.05) is 0 Å². The van der Waals surface area contributed by atoms with Crippen molar-refractivity contribution in [2.24, 2.45) is 17.3 Å².